The maximum Gasteiger partial charge on any atom is 0.248 e. The first-order valence-corrected chi connectivity index (χ1v) is 12.3. The number of hydrogen-bond acceptors (Lipinski definition) is 6. The average molecular weight is 490 g/mol. The highest BCUT2D eigenvalue weighted by Crippen LogP contribution is 2.33. The minimum atomic E-state index is -3.77. The summed E-state index contributed by atoms with van der Waals surface area (Å²) >= 11 is 0. The highest BCUT2D eigenvalue weighted by Gasteiger charge is 2.27. The Morgan fingerprint density at radius 2 is 1.74 bits per heavy atom. The van der Waals surface area contributed by atoms with Crippen molar-refractivity contribution < 1.29 is 22.7 Å². The van der Waals surface area contributed by atoms with E-state index in [1.54, 1.807) is 42.5 Å². The third-order valence-electron chi connectivity index (χ3n) is 5.25. The molecule has 1 amide bonds. The van der Waals surface area contributed by atoms with Crippen LogP contribution in [0.5, 0.6) is 11.5 Å². The number of anilines is 1. The molecule has 1 saturated heterocycles. The van der Waals surface area contributed by atoms with Crippen molar-refractivity contribution in [1.29, 1.82) is 5.26 Å². The molecule has 1 aliphatic heterocycles. The van der Waals surface area contributed by atoms with Gasteiger partial charge in [0.25, 0.3) is 0 Å². The Labute approximate surface area is 204 Å². The lowest BCUT2D eigenvalue weighted by Gasteiger charge is -2.26. The van der Waals surface area contributed by atoms with Crippen LogP contribution in [-0.4, -0.2) is 44.9 Å². The molecule has 1 N–H and O–H groups in total. The van der Waals surface area contributed by atoms with Gasteiger partial charge >= 0.3 is 0 Å². The number of sulfonamides is 1. The van der Waals surface area contributed by atoms with Crippen molar-refractivity contribution in [3.05, 3.63) is 90.0 Å². The van der Waals surface area contributed by atoms with Gasteiger partial charge in [-0.15, -0.1) is 0 Å². The van der Waals surface area contributed by atoms with Crippen LogP contribution in [0, 0.1) is 11.3 Å². The van der Waals surface area contributed by atoms with Gasteiger partial charge < -0.3 is 14.8 Å². The maximum atomic E-state index is 13.1. The summed E-state index contributed by atoms with van der Waals surface area (Å²) < 4.78 is 38.8. The summed E-state index contributed by atoms with van der Waals surface area (Å²) in [6.07, 6.45) is 2.93. The number of carbonyl (C=O) groups is 1. The average Bonchev–Trinajstić information content (AvgIpc) is 2.90. The Balaban J connectivity index is 1.60. The second-order valence-electron chi connectivity index (χ2n) is 7.65. The van der Waals surface area contributed by atoms with Crippen molar-refractivity contribution in [2.45, 2.75) is 4.90 Å². The Hall–Kier alpha value is -3.97. The van der Waals surface area contributed by atoms with E-state index in [4.69, 9.17) is 14.7 Å². The van der Waals surface area contributed by atoms with Gasteiger partial charge in [0, 0.05) is 19.2 Å². The molecule has 0 spiro atoms. The SMILES string of the molecule is N#Cc1ccc(/C=C/C(=O)Nc2cc(S(=O)(=O)N3CCOCC3)ccc2Oc2ccccc2)cc1. The number of morpholine rings is 1. The van der Waals surface area contributed by atoms with Gasteiger partial charge in [-0.2, -0.15) is 9.57 Å². The first-order valence-electron chi connectivity index (χ1n) is 10.9. The predicted molar refractivity (Wildman–Crippen MR) is 131 cm³/mol. The molecule has 4 rings (SSSR count). The van der Waals surface area contributed by atoms with Crippen LogP contribution in [-0.2, 0) is 19.6 Å². The van der Waals surface area contributed by atoms with Gasteiger partial charge in [0.05, 0.1) is 35.4 Å². The normalized spacial score (nSPS) is 14.4. The van der Waals surface area contributed by atoms with Crippen molar-refractivity contribution in [2.75, 3.05) is 31.6 Å². The second-order valence-corrected chi connectivity index (χ2v) is 9.58. The largest absolute Gasteiger partial charge is 0.455 e. The van der Waals surface area contributed by atoms with Crippen LogP contribution in [0.2, 0.25) is 0 Å². The fraction of sp³-hybridized carbons (Fsp3) is 0.154. The molecule has 3 aromatic carbocycles. The standard InChI is InChI=1S/C26H23N3O5S/c27-19-21-8-6-20(7-9-21)10-13-26(30)28-24-18-23(35(31,32)29-14-16-33-17-15-29)11-12-25(24)34-22-4-2-1-3-5-22/h1-13,18H,14-17H2,(H,28,30)/b13-10+. The van der Waals surface area contributed by atoms with Gasteiger partial charge in [0.1, 0.15) is 5.75 Å². The van der Waals surface area contributed by atoms with E-state index in [0.717, 1.165) is 5.56 Å². The van der Waals surface area contributed by atoms with E-state index in [9.17, 15) is 13.2 Å². The molecule has 1 heterocycles. The summed E-state index contributed by atoms with van der Waals surface area (Å²) in [5.41, 5.74) is 1.48. The molecule has 0 unspecified atom stereocenters. The minimum absolute atomic E-state index is 0.0474. The zero-order chi connectivity index (χ0) is 24.7. The van der Waals surface area contributed by atoms with Crippen LogP contribution in [0.15, 0.2) is 83.8 Å². The number of rotatable bonds is 7. The lowest BCUT2D eigenvalue weighted by atomic mass is 10.1. The van der Waals surface area contributed by atoms with Crippen molar-refractivity contribution in [3.8, 4) is 17.6 Å². The number of nitrogens with one attached hydrogen (secondary N) is 1. The zero-order valence-corrected chi connectivity index (χ0v) is 19.6. The van der Waals surface area contributed by atoms with Gasteiger partial charge in [0.15, 0.2) is 5.75 Å². The monoisotopic (exact) mass is 489 g/mol. The summed E-state index contributed by atoms with van der Waals surface area (Å²) in [4.78, 5) is 12.7. The molecule has 35 heavy (non-hydrogen) atoms. The number of benzene rings is 3. The maximum absolute atomic E-state index is 13.1. The summed E-state index contributed by atoms with van der Waals surface area (Å²) in [5, 5.41) is 11.6. The molecular weight excluding hydrogens is 466 g/mol. The van der Waals surface area contributed by atoms with E-state index < -0.39 is 15.9 Å². The number of hydrogen-bond donors (Lipinski definition) is 1. The quantitative estimate of drug-likeness (QED) is 0.502. The first-order chi connectivity index (χ1) is 17.0. The lowest BCUT2D eigenvalue weighted by Crippen LogP contribution is -2.40. The highest BCUT2D eigenvalue weighted by atomic mass is 32.2. The number of nitrogens with zero attached hydrogens (tertiary/aromatic N) is 2. The van der Waals surface area contributed by atoms with Crippen LogP contribution in [0.4, 0.5) is 5.69 Å². The third-order valence-corrected chi connectivity index (χ3v) is 7.15. The molecule has 178 valence electrons. The van der Waals surface area contributed by atoms with E-state index in [0.29, 0.717) is 30.3 Å². The first kappa shape index (κ1) is 24.2. The molecule has 1 fully saturated rings. The van der Waals surface area contributed by atoms with Crippen molar-refractivity contribution in [3.63, 3.8) is 0 Å². The molecule has 3 aromatic rings. The van der Waals surface area contributed by atoms with E-state index in [1.165, 1.54) is 28.6 Å². The number of amides is 1. The Morgan fingerprint density at radius 1 is 1.03 bits per heavy atom. The van der Waals surface area contributed by atoms with Gasteiger partial charge in [-0.05, 0) is 54.1 Å². The fourth-order valence-corrected chi connectivity index (χ4v) is 4.86. The van der Waals surface area contributed by atoms with Gasteiger partial charge in [-0.25, -0.2) is 8.42 Å². The summed E-state index contributed by atoms with van der Waals surface area (Å²) in [6, 6.07) is 22.2. The van der Waals surface area contributed by atoms with Crippen LogP contribution < -0.4 is 10.1 Å². The molecule has 0 saturated carbocycles. The van der Waals surface area contributed by atoms with Crippen molar-refractivity contribution in [2.24, 2.45) is 0 Å². The predicted octanol–water partition coefficient (Wildman–Crippen LogP) is 4.02. The minimum Gasteiger partial charge on any atom is -0.455 e. The molecule has 1 aliphatic rings. The topological polar surface area (TPSA) is 109 Å². The van der Waals surface area contributed by atoms with E-state index in [1.807, 2.05) is 24.3 Å². The number of nitriles is 1. The second kappa shape index (κ2) is 11.0. The molecule has 0 aliphatic carbocycles. The molecule has 0 radical (unpaired) electrons. The Bertz CT molecular complexity index is 1360. The van der Waals surface area contributed by atoms with Crippen LogP contribution in [0.1, 0.15) is 11.1 Å². The molecule has 0 atom stereocenters. The number of carbonyl (C=O) groups excluding carboxylic acids is 1. The molecule has 0 aromatic heterocycles. The van der Waals surface area contributed by atoms with Crippen LogP contribution in [0.3, 0.4) is 0 Å². The Kier molecular flexibility index (Phi) is 7.57. The van der Waals surface area contributed by atoms with Crippen LogP contribution >= 0.6 is 0 Å². The zero-order valence-electron chi connectivity index (χ0n) is 18.8. The molecule has 8 nitrogen and oxygen atoms in total. The van der Waals surface area contributed by atoms with Crippen molar-refractivity contribution >= 4 is 27.7 Å². The smallest absolute Gasteiger partial charge is 0.248 e. The number of para-hydroxylation sites is 1. The van der Waals surface area contributed by atoms with Crippen LogP contribution in [0.25, 0.3) is 6.08 Å². The molecular formula is C26H23N3O5S. The number of ether oxygens (including phenoxy) is 2. The highest BCUT2D eigenvalue weighted by molar-refractivity contribution is 7.89. The third kappa shape index (κ3) is 6.13. The molecule has 9 heteroatoms. The lowest BCUT2D eigenvalue weighted by molar-refractivity contribution is -0.111. The van der Waals surface area contributed by atoms with E-state index in [-0.39, 0.29) is 23.7 Å². The summed E-state index contributed by atoms with van der Waals surface area (Å²) in [6.45, 7) is 1.19. The van der Waals surface area contributed by atoms with Gasteiger partial charge in [-0.3, -0.25) is 4.79 Å². The fourth-order valence-electron chi connectivity index (χ4n) is 3.42. The van der Waals surface area contributed by atoms with E-state index >= 15 is 0 Å². The molecule has 0 bridgehead atoms. The van der Waals surface area contributed by atoms with Crippen molar-refractivity contribution in [1.82, 2.24) is 4.31 Å². The Morgan fingerprint density at radius 3 is 2.43 bits per heavy atom. The van der Waals surface area contributed by atoms with E-state index in [2.05, 4.69) is 5.32 Å². The summed E-state index contributed by atoms with van der Waals surface area (Å²) in [7, 11) is -3.77. The summed E-state index contributed by atoms with van der Waals surface area (Å²) in [5.74, 6) is 0.380. The van der Waals surface area contributed by atoms with Gasteiger partial charge in [0.2, 0.25) is 15.9 Å². The van der Waals surface area contributed by atoms with Gasteiger partial charge in [-0.1, -0.05) is 30.3 Å².